The second kappa shape index (κ2) is 6.00. The summed E-state index contributed by atoms with van der Waals surface area (Å²) in [5.41, 5.74) is 2.59. The van der Waals surface area contributed by atoms with Gasteiger partial charge < -0.3 is 10.2 Å². The number of rotatable bonds is 3. The van der Waals surface area contributed by atoms with Crippen LogP contribution in [0.5, 0.6) is 11.5 Å². The first-order valence-electron chi connectivity index (χ1n) is 6.75. The van der Waals surface area contributed by atoms with E-state index in [1.165, 1.54) is 0 Å². The molecular weight excluding hydrogens is 295 g/mol. The first-order valence-corrected chi connectivity index (χ1v) is 7.56. The van der Waals surface area contributed by atoms with Crippen molar-refractivity contribution in [2.75, 3.05) is 0 Å². The van der Waals surface area contributed by atoms with Crippen molar-refractivity contribution >= 4 is 13.8 Å². The molecule has 0 amide bonds. The summed E-state index contributed by atoms with van der Waals surface area (Å²) in [6, 6.07) is 19.2. The van der Waals surface area contributed by atoms with E-state index in [-0.39, 0.29) is 20.0 Å². The maximum Gasteiger partial charge on any atom is 0.192 e. The molecule has 108 valence electrons. The lowest BCUT2D eigenvalue weighted by Gasteiger charge is -2.14. The Hall–Kier alpha value is -2.64. The van der Waals surface area contributed by atoms with Crippen LogP contribution in [-0.4, -0.2) is 10.2 Å². The number of aromatic hydroxyl groups is 2. The predicted octanol–water partition coefficient (Wildman–Crippen LogP) is 4.35. The molecule has 0 spiro atoms. The van der Waals surface area contributed by atoms with Gasteiger partial charge in [-0.15, -0.1) is 0 Å². The average molecular weight is 308 g/mol. The topological polar surface area (TPSA) is 57.5 Å². The molecule has 3 nitrogen and oxygen atoms in total. The summed E-state index contributed by atoms with van der Waals surface area (Å²) in [6.45, 7) is 0. The number of benzene rings is 3. The van der Waals surface area contributed by atoms with Crippen molar-refractivity contribution in [1.29, 1.82) is 0 Å². The summed E-state index contributed by atoms with van der Waals surface area (Å²) in [7, 11) is -0.142. The maximum absolute atomic E-state index is 11.5. The SMILES string of the molecule is O=Pc1cccc(-c2ccccc2O)c1-c1ccccc1O. The zero-order chi connectivity index (χ0) is 15.5. The molecule has 0 saturated heterocycles. The summed E-state index contributed by atoms with van der Waals surface area (Å²) in [6.07, 6.45) is 0. The fraction of sp³-hybridized carbons (Fsp3) is 0. The van der Waals surface area contributed by atoms with Gasteiger partial charge >= 0.3 is 0 Å². The number of phenols is 2. The number of phenolic OH excluding ortho intramolecular Hbond substituents is 2. The van der Waals surface area contributed by atoms with E-state index in [0.717, 1.165) is 5.56 Å². The third kappa shape index (κ3) is 2.47. The molecule has 0 radical (unpaired) electrons. The van der Waals surface area contributed by atoms with E-state index in [4.69, 9.17) is 0 Å². The molecule has 3 aromatic rings. The zero-order valence-electron chi connectivity index (χ0n) is 11.6. The fourth-order valence-corrected chi connectivity index (χ4v) is 2.99. The Labute approximate surface area is 129 Å². The summed E-state index contributed by atoms with van der Waals surface area (Å²) in [5, 5.41) is 20.8. The first kappa shape index (κ1) is 14.3. The molecule has 0 aliphatic heterocycles. The lowest BCUT2D eigenvalue weighted by atomic mass is 9.93. The van der Waals surface area contributed by atoms with Crippen molar-refractivity contribution in [3.05, 3.63) is 66.7 Å². The van der Waals surface area contributed by atoms with Gasteiger partial charge in [0.05, 0.1) is 5.30 Å². The van der Waals surface area contributed by atoms with Crippen molar-refractivity contribution in [2.24, 2.45) is 0 Å². The van der Waals surface area contributed by atoms with E-state index >= 15 is 0 Å². The fourth-order valence-electron chi connectivity index (χ4n) is 2.51. The first-order chi connectivity index (χ1) is 10.7. The van der Waals surface area contributed by atoms with Crippen LogP contribution in [-0.2, 0) is 4.57 Å². The number of para-hydroxylation sites is 2. The zero-order valence-corrected chi connectivity index (χ0v) is 12.5. The van der Waals surface area contributed by atoms with Gasteiger partial charge in [-0.3, -0.25) is 4.57 Å². The van der Waals surface area contributed by atoms with Crippen LogP contribution in [0, 0.1) is 0 Å². The van der Waals surface area contributed by atoms with Crippen LogP contribution in [0.2, 0.25) is 0 Å². The molecule has 3 rings (SSSR count). The minimum Gasteiger partial charge on any atom is -0.507 e. The molecule has 3 aromatic carbocycles. The monoisotopic (exact) mass is 308 g/mol. The van der Waals surface area contributed by atoms with E-state index in [9.17, 15) is 14.8 Å². The minimum atomic E-state index is -0.142. The Morgan fingerprint density at radius 2 is 1.18 bits per heavy atom. The summed E-state index contributed by atoms with van der Waals surface area (Å²) >= 11 is 0. The van der Waals surface area contributed by atoms with Crippen molar-refractivity contribution in [1.82, 2.24) is 0 Å². The van der Waals surface area contributed by atoms with E-state index < -0.39 is 0 Å². The van der Waals surface area contributed by atoms with Gasteiger partial charge in [-0.1, -0.05) is 48.5 Å². The Kier molecular flexibility index (Phi) is 3.90. The highest BCUT2D eigenvalue weighted by Gasteiger charge is 2.17. The Morgan fingerprint density at radius 3 is 1.77 bits per heavy atom. The summed E-state index contributed by atoms with van der Waals surface area (Å²) in [5.74, 6) is 0.245. The van der Waals surface area contributed by atoms with Crippen LogP contribution in [0.3, 0.4) is 0 Å². The highest BCUT2D eigenvalue weighted by Crippen LogP contribution is 2.39. The third-order valence-corrected chi connectivity index (χ3v) is 4.08. The van der Waals surface area contributed by atoms with Crippen LogP contribution in [0.4, 0.5) is 0 Å². The smallest absolute Gasteiger partial charge is 0.192 e. The number of hydrogen-bond acceptors (Lipinski definition) is 3. The van der Waals surface area contributed by atoms with Crippen LogP contribution in [0.25, 0.3) is 22.3 Å². The highest BCUT2D eigenvalue weighted by atomic mass is 31.1. The lowest BCUT2D eigenvalue weighted by Crippen LogP contribution is -2.00. The molecule has 0 aliphatic carbocycles. The van der Waals surface area contributed by atoms with Gasteiger partial charge in [0.1, 0.15) is 11.5 Å². The Bertz CT molecular complexity index is 843. The molecule has 2 N–H and O–H groups in total. The second-order valence-electron chi connectivity index (χ2n) is 4.83. The lowest BCUT2D eigenvalue weighted by molar-refractivity contribution is 0.476. The number of hydrogen-bond donors (Lipinski definition) is 2. The molecule has 0 aromatic heterocycles. The van der Waals surface area contributed by atoms with Gasteiger partial charge in [-0.25, -0.2) is 0 Å². The van der Waals surface area contributed by atoms with E-state index in [1.807, 2.05) is 18.2 Å². The Balaban J connectivity index is 2.36. The highest BCUT2D eigenvalue weighted by molar-refractivity contribution is 7.34. The van der Waals surface area contributed by atoms with Crippen molar-refractivity contribution < 1.29 is 14.8 Å². The molecule has 0 fully saturated rings. The van der Waals surface area contributed by atoms with Crippen LogP contribution in [0.15, 0.2) is 66.7 Å². The normalized spacial score (nSPS) is 10.7. The van der Waals surface area contributed by atoms with E-state index in [2.05, 4.69) is 0 Å². The van der Waals surface area contributed by atoms with Gasteiger partial charge in [0.2, 0.25) is 0 Å². The Morgan fingerprint density at radius 1 is 0.636 bits per heavy atom. The quantitative estimate of drug-likeness (QED) is 0.707. The van der Waals surface area contributed by atoms with Crippen molar-refractivity contribution in [3.8, 4) is 33.8 Å². The molecule has 22 heavy (non-hydrogen) atoms. The van der Waals surface area contributed by atoms with Crippen molar-refractivity contribution in [2.45, 2.75) is 0 Å². The molecule has 0 aliphatic rings. The molecule has 0 atom stereocenters. The predicted molar refractivity (Wildman–Crippen MR) is 87.9 cm³/mol. The van der Waals surface area contributed by atoms with E-state index in [0.29, 0.717) is 22.0 Å². The summed E-state index contributed by atoms with van der Waals surface area (Å²) in [4.78, 5) is 0. The van der Waals surface area contributed by atoms with Crippen LogP contribution in [0.1, 0.15) is 0 Å². The molecule has 0 bridgehead atoms. The van der Waals surface area contributed by atoms with E-state index in [1.54, 1.807) is 48.5 Å². The molecule has 0 saturated carbocycles. The molecular formula is C18H13O3P. The summed E-state index contributed by atoms with van der Waals surface area (Å²) < 4.78 is 11.5. The van der Waals surface area contributed by atoms with Gasteiger partial charge in [0.25, 0.3) is 0 Å². The van der Waals surface area contributed by atoms with Gasteiger partial charge in [0.15, 0.2) is 8.46 Å². The second-order valence-corrected chi connectivity index (χ2v) is 5.49. The minimum absolute atomic E-state index is 0.107. The van der Waals surface area contributed by atoms with Crippen LogP contribution < -0.4 is 5.30 Å². The van der Waals surface area contributed by atoms with Crippen molar-refractivity contribution in [3.63, 3.8) is 0 Å². The largest absolute Gasteiger partial charge is 0.507 e. The molecule has 0 heterocycles. The molecule has 0 unspecified atom stereocenters. The molecule has 4 heteroatoms. The van der Waals surface area contributed by atoms with Gasteiger partial charge in [0, 0.05) is 16.7 Å². The van der Waals surface area contributed by atoms with Gasteiger partial charge in [-0.2, -0.15) is 0 Å². The maximum atomic E-state index is 11.5. The van der Waals surface area contributed by atoms with Crippen LogP contribution >= 0.6 is 8.46 Å². The standard InChI is InChI=1S/C18H13O3P/c19-15-9-3-1-6-12(15)13-8-5-11-17(22-21)18(13)14-7-2-4-10-16(14)20/h1-11,19-20H. The third-order valence-electron chi connectivity index (χ3n) is 3.51. The van der Waals surface area contributed by atoms with Gasteiger partial charge in [-0.05, 0) is 23.8 Å². The average Bonchev–Trinajstić information content (AvgIpc) is 2.55.